The summed E-state index contributed by atoms with van der Waals surface area (Å²) in [6.45, 7) is 1.05. The van der Waals surface area contributed by atoms with E-state index in [4.69, 9.17) is 20.1 Å². The summed E-state index contributed by atoms with van der Waals surface area (Å²) >= 11 is 0. The van der Waals surface area contributed by atoms with E-state index in [0.717, 1.165) is 11.1 Å². The SMILES string of the molecule is NC(CO)c1noc(-c2ccc3c(c2)COC3)n1. The Hall–Kier alpha value is -1.76. The van der Waals surface area contributed by atoms with Crippen molar-refractivity contribution in [3.8, 4) is 11.5 Å². The van der Waals surface area contributed by atoms with Crippen molar-refractivity contribution in [3.05, 3.63) is 35.2 Å². The zero-order valence-electron chi connectivity index (χ0n) is 9.67. The quantitative estimate of drug-likeness (QED) is 0.831. The average Bonchev–Trinajstić information content (AvgIpc) is 3.05. The maximum absolute atomic E-state index is 8.93. The molecule has 2 aromatic rings. The summed E-state index contributed by atoms with van der Waals surface area (Å²) < 4.78 is 10.5. The molecule has 0 spiro atoms. The first kappa shape index (κ1) is 11.3. The zero-order chi connectivity index (χ0) is 12.5. The van der Waals surface area contributed by atoms with Gasteiger partial charge in [-0.25, -0.2) is 0 Å². The van der Waals surface area contributed by atoms with E-state index in [1.54, 1.807) is 0 Å². The molecule has 94 valence electrons. The van der Waals surface area contributed by atoms with Crippen LogP contribution in [0.3, 0.4) is 0 Å². The number of nitrogens with two attached hydrogens (primary N) is 1. The van der Waals surface area contributed by atoms with Crippen molar-refractivity contribution in [3.63, 3.8) is 0 Å². The van der Waals surface area contributed by atoms with Gasteiger partial charge >= 0.3 is 0 Å². The van der Waals surface area contributed by atoms with Crippen LogP contribution in [0.2, 0.25) is 0 Å². The van der Waals surface area contributed by atoms with Crippen LogP contribution in [0.1, 0.15) is 23.0 Å². The van der Waals surface area contributed by atoms with Gasteiger partial charge in [-0.3, -0.25) is 0 Å². The second-order valence-electron chi connectivity index (χ2n) is 4.22. The Labute approximate surface area is 103 Å². The minimum atomic E-state index is -0.611. The van der Waals surface area contributed by atoms with Crippen molar-refractivity contribution < 1.29 is 14.4 Å². The smallest absolute Gasteiger partial charge is 0.257 e. The number of ether oxygens (including phenoxy) is 1. The lowest BCUT2D eigenvalue weighted by Crippen LogP contribution is -2.15. The van der Waals surface area contributed by atoms with Crippen LogP contribution in [0.15, 0.2) is 22.7 Å². The van der Waals surface area contributed by atoms with Crippen molar-refractivity contribution in [2.45, 2.75) is 19.3 Å². The maximum atomic E-state index is 8.93. The fraction of sp³-hybridized carbons (Fsp3) is 0.333. The normalized spacial score (nSPS) is 15.7. The predicted molar refractivity (Wildman–Crippen MR) is 62.2 cm³/mol. The fourth-order valence-electron chi connectivity index (χ4n) is 1.89. The fourth-order valence-corrected chi connectivity index (χ4v) is 1.89. The molecule has 0 saturated heterocycles. The molecule has 0 aliphatic carbocycles. The van der Waals surface area contributed by atoms with E-state index in [2.05, 4.69) is 10.1 Å². The highest BCUT2D eigenvalue weighted by Crippen LogP contribution is 2.26. The molecule has 3 N–H and O–H groups in total. The summed E-state index contributed by atoms with van der Waals surface area (Å²) in [4.78, 5) is 4.17. The van der Waals surface area contributed by atoms with Crippen molar-refractivity contribution in [1.29, 1.82) is 0 Å². The number of nitrogens with zero attached hydrogens (tertiary/aromatic N) is 2. The third-order valence-electron chi connectivity index (χ3n) is 2.94. The number of aliphatic hydroxyl groups excluding tert-OH is 1. The van der Waals surface area contributed by atoms with Gasteiger partial charge in [0.15, 0.2) is 5.82 Å². The molecule has 1 aliphatic rings. The van der Waals surface area contributed by atoms with Crippen LogP contribution in [0, 0.1) is 0 Å². The summed E-state index contributed by atoms with van der Waals surface area (Å²) in [7, 11) is 0. The van der Waals surface area contributed by atoms with E-state index in [0.29, 0.717) is 24.9 Å². The van der Waals surface area contributed by atoms with Crippen molar-refractivity contribution in [2.75, 3.05) is 6.61 Å². The molecule has 3 rings (SSSR count). The van der Waals surface area contributed by atoms with Crippen molar-refractivity contribution in [2.24, 2.45) is 5.73 Å². The summed E-state index contributed by atoms with van der Waals surface area (Å²) in [6.07, 6.45) is 0. The third kappa shape index (κ3) is 1.90. The van der Waals surface area contributed by atoms with Crippen LogP contribution in [-0.4, -0.2) is 21.9 Å². The lowest BCUT2D eigenvalue weighted by atomic mass is 10.1. The Kier molecular flexibility index (Phi) is 2.83. The Morgan fingerprint density at radius 1 is 1.33 bits per heavy atom. The van der Waals surface area contributed by atoms with Gasteiger partial charge < -0.3 is 20.1 Å². The summed E-state index contributed by atoms with van der Waals surface area (Å²) in [6, 6.07) is 5.27. The first-order valence-corrected chi connectivity index (χ1v) is 5.68. The van der Waals surface area contributed by atoms with Gasteiger partial charge in [0.1, 0.15) is 0 Å². The zero-order valence-corrected chi connectivity index (χ0v) is 9.67. The average molecular weight is 247 g/mol. The molecule has 1 unspecified atom stereocenters. The highest BCUT2D eigenvalue weighted by atomic mass is 16.5. The van der Waals surface area contributed by atoms with Gasteiger partial charge in [-0.15, -0.1) is 0 Å². The Bertz CT molecular complexity index is 567. The predicted octanol–water partition coefficient (Wildman–Crippen LogP) is 0.759. The number of hydrogen-bond acceptors (Lipinski definition) is 6. The molecule has 18 heavy (non-hydrogen) atoms. The minimum absolute atomic E-state index is 0.211. The second-order valence-corrected chi connectivity index (χ2v) is 4.22. The highest BCUT2D eigenvalue weighted by molar-refractivity contribution is 5.56. The molecule has 6 heteroatoms. The van der Waals surface area contributed by atoms with Crippen LogP contribution in [0.25, 0.3) is 11.5 Å². The molecule has 1 aliphatic heterocycles. The van der Waals surface area contributed by atoms with E-state index in [1.165, 1.54) is 5.56 Å². The molecule has 1 aromatic heterocycles. The number of benzene rings is 1. The van der Waals surface area contributed by atoms with Crippen molar-refractivity contribution in [1.82, 2.24) is 10.1 Å². The Balaban J connectivity index is 1.92. The lowest BCUT2D eigenvalue weighted by molar-refractivity contribution is 0.134. The summed E-state index contributed by atoms with van der Waals surface area (Å²) in [5.74, 6) is 0.716. The number of aliphatic hydroxyl groups is 1. The Morgan fingerprint density at radius 3 is 3.00 bits per heavy atom. The van der Waals surface area contributed by atoms with E-state index in [9.17, 15) is 0 Å². The van der Waals surface area contributed by atoms with Crippen LogP contribution in [0.5, 0.6) is 0 Å². The van der Waals surface area contributed by atoms with Gasteiger partial charge in [-0.1, -0.05) is 11.2 Å². The monoisotopic (exact) mass is 247 g/mol. The van der Waals surface area contributed by atoms with Gasteiger partial charge in [0, 0.05) is 5.56 Å². The van der Waals surface area contributed by atoms with Crippen LogP contribution >= 0.6 is 0 Å². The van der Waals surface area contributed by atoms with Crippen LogP contribution in [-0.2, 0) is 18.0 Å². The van der Waals surface area contributed by atoms with Gasteiger partial charge in [0.2, 0.25) is 0 Å². The number of aromatic nitrogens is 2. The van der Waals surface area contributed by atoms with Gasteiger partial charge in [-0.2, -0.15) is 4.98 Å². The maximum Gasteiger partial charge on any atom is 0.257 e. The molecule has 0 fully saturated rings. The molecule has 1 aromatic carbocycles. The van der Waals surface area contributed by atoms with Crippen LogP contribution in [0.4, 0.5) is 0 Å². The number of fused-ring (bicyclic) bond motifs is 1. The molecule has 6 nitrogen and oxygen atoms in total. The molecular weight excluding hydrogens is 234 g/mol. The first-order valence-electron chi connectivity index (χ1n) is 5.68. The van der Waals surface area contributed by atoms with Crippen LogP contribution < -0.4 is 5.73 Å². The molecule has 0 bridgehead atoms. The van der Waals surface area contributed by atoms with E-state index >= 15 is 0 Å². The molecule has 0 amide bonds. The molecule has 1 atom stereocenters. The third-order valence-corrected chi connectivity index (χ3v) is 2.94. The molecule has 0 radical (unpaired) electrons. The van der Waals surface area contributed by atoms with E-state index in [1.807, 2.05) is 18.2 Å². The first-order chi connectivity index (χ1) is 8.78. The van der Waals surface area contributed by atoms with Crippen molar-refractivity contribution >= 4 is 0 Å². The van der Waals surface area contributed by atoms with Gasteiger partial charge in [0.05, 0.1) is 25.9 Å². The summed E-state index contributed by atoms with van der Waals surface area (Å²) in [5.41, 5.74) is 8.78. The highest BCUT2D eigenvalue weighted by Gasteiger charge is 2.17. The van der Waals surface area contributed by atoms with E-state index in [-0.39, 0.29) is 6.61 Å². The lowest BCUT2D eigenvalue weighted by Gasteiger charge is -2.00. The summed E-state index contributed by atoms with van der Waals surface area (Å²) in [5, 5.41) is 12.7. The van der Waals surface area contributed by atoms with Gasteiger partial charge in [-0.05, 0) is 23.3 Å². The second kappa shape index (κ2) is 4.49. The number of rotatable bonds is 3. The standard InChI is InChI=1S/C12H13N3O3/c13-10(4-16)11-14-12(18-15-11)7-1-2-8-5-17-6-9(8)3-7/h1-3,10,16H,4-6,13H2. The van der Waals surface area contributed by atoms with Gasteiger partial charge in [0.25, 0.3) is 5.89 Å². The van der Waals surface area contributed by atoms with E-state index < -0.39 is 6.04 Å². The number of hydrogen-bond donors (Lipinski definition) is 2. The molecule has 2 heterocycles. The minimum Gasteiger partial charge on any atom is -0.394 e. The molecular formula is C12H13N3O3. The Morgan fingerprint density at radius 2 is 2.17 bits per heavy atom. The molecule has 0 saturated carbocycles. The topological polar surface area (TPSA) is 94.4 Å². The largest absolute Gasteiger partial charge is 0.394 e.